The van der Waals surface area contributed by atoms with Crippen LogP contribution in [0.15, 0.2) is 36.4 Å². The Kier molecular flexibility index (Phi) is 3.18. The van der Waals surface area contributed by atoms with E-state index in [1.165, 1.54) is 11.1 Å². The molecule has 0 spiro atoms. The highest BCUT2D eigenvalue weighted by Crippen LogP contribution is 2.22. The van der Waals surface area contributed by atoms with Gasteiger partial charge in [0.05, 0.1) is 18.1 Å². The summed E-state index contributed by atoms with van der Waals surface area (Å²) in [5.41, 5.74) is 5.82. The predicted octanol–water partition coefficient (Wildman–Crippen LogP) is 3.78. The maximum absolute atomic E-state index is 5.39. The number of benzene rings is 2. The number of ether oxygens (including phenoxy) is 1. The van der Waals surface area contributed by atoms with Crippen molar-refractivity contribution in [1.82, 2.24) is 9.97 Å². The van der Waals surface area contributed by atoms with Crippen LogP contribution in [-0.2, 0) is 6.42 Å². The number of nitrogens with zero attached hydrogens (tertiary/aromatic N) is 1. The number of H-pyrrole nitrogens is 1. The summed E-state index contributed by atoms with van der Waals surface area (Å²) in [6.45, 7) is 4.23. The highest BCUT2D eigenvalue weighted by atomic mass is 16.5. The molecule has 1 aromatic heterocycles. The molecule has 0 bridgehead atoms. The quantitative estimate of drug-likeness (QED) is 0.783. The number of aromatic amines is 1. The van der Waals surface area contributed by atoms with Gasteiger partial charge < -0.3 is 9.72 Å². The second kappa shape index (κ2) is 5.00. The van der Waals surface area contributed by atoms with Crippen LogP contribution in [0.3, 0.4) is 0 Å². The molecule has 0 radical (unpaired) electrons. The lowest BCUT2D eigenvalue weighted by atomic mass is 10.1. The lowest BCUT2D eigenvalue weighted by molar-refractivity contribution is 0.410. The van der Waals surface area contributed by atoms with Crippen LogP contribution in [0.2, 0.25) is 0 Å². The summed E-state index contributed by atoms with van der Waals surface area (Å²) in [7, 11) is 1.70. The Balaban J connectivity index is 1.99. The zero-order valence-electron chi connectivity index (χ0n) is 12.0. The molecule has 0 fully saturated rings. The van der Waals surface area contributed by atoms with E-state index in [0.717, 1.165) is 34.6 Å². The van der Waals surface area contributed by atoms with Crippen molar-refractivity contribution < 1.29 is 4.74 Å². The first-order valence-corrected chi connectivity index (χ1v) is 6.75. The molecule has 0 aliphatic carbocycles. The van der Waals surface area contributed by atoms with Crippen LogP contribution in [0.25, 0.3) is 11.0 Å². The number of methoxy groups -OCH3 is 1. The van der Waals surface area contributed by atoms with Crippen molar-refractivity contribution in [3.05, 3.63) is 58.9 Å². The highest BCUT2D eigenvalue weighted by molar-refractivity contribution is 5.77. The SMILES string of the molecule is COc1ccccc1Cc1nc2cc(C)c(C)cc2[nH]1. The molecule has 0 unspecified atom stereocenters. The van der Waals surface area contributed by atoms with E-state index in [9.17, 15) is 0 Å². The van der Waals surface area contributed by atoms with E-state index in [0.29, 0.717) is 0 Å². The van der Waals surface area contributed by atoms with Crippen LogP contribution in [0.4, 0.5) is 0 Å². The topological polar surface area (TPSA) is 37.9 Å². The minimum atomic E-state index is 0.747. The number of nitrogens with one attached hydrogen (secondary N) is 1. The molecule has 20 heavy (non-hydrogen) atoms. The lowest BCUT2D eigenvalue weighted by Gasteiger charge is -2.05. The van der Waals surface area contributed by atoms with E-state index in [2.05, 4.69) is 42.0 Å². The van der Waals surface area contributed by atoms with Gasteiger partial charge in [-0.25, -0.2) is 4.98 Å². The second-order valence-electron chi connectivity index (χ2n) is 5.13. The third kappa shape index (κ3) is 2.27. The van der Waals surface area contributed by atoms with Gasteiger partial charge in [0.15, 0.2) is 0 Å². The Morgan fingerprint density at radius 1 is 1.10 bits per heavy atom. The average molecular weight is 266 g/mol. The van der Waals surface area contributed by atoms with Gasteiger partial charge >= 0.3 is 0 Å². The third-order valence-electron chi connectivity index (χ3n) is 3.70. The van der Waals surface area contributed by atoms with E-state index < -0.39 is 0 Å². The number of rotatable bonds is 3. The molecule has 2 aromatic carbocycles. The second-order valence-corrected chi connectivity index (χ2v) is 5.13. The molecule has 3 aromatic rings. The molecule has 3 nitrogen and oxygen atoms in total. The molecule has 3 heteroatoms. The van der Waals surface area contributed by atoms with Crippen LogP contribution in [-0.4, -0.2) is 17.1 Å². The fraction of sp³-hybridized carbons (Fsp3) is 0.235. The summed E-state index contributed by atoms with van der Waals surface area (Å²) in [6.07, 6.45) is 0.747. The van der Waals surface area contributed by atoms with Crippen molar-refractivity contribution in [2.24, 2.45) is 0 Å². The number of para-hydroxylation sites is 1. The van der Waals surface area contributed by atoms with Gasteiger partial charge in [0, 0.05) is 12.0 Å². The molecule has 0 amide bonds. The van der Waals surface area contributed by atoms with Crippen LogP contribution < -0.4 is 4.74 Å². The van der Waals surface area contributed by atoms with E-state index in [-0.39, 0.29) is 0 Å². The Morgan fingerprint density at radius 2 is 1.85 bits per heavy atom. The normalized spacial score (nSPS) is 10.9. The van der Waals surface area contributed by atoms with Gasteiger partial charge in [-0.1, -0.05) is 18.2 Å². The van der Waals surface area contributed by atoms with Gasteiger partial charge in [0.1, 0.15) is 11.6 Å². The van der Waals surface area contributed by atoms with Crippen molar-refractivity contribution in [3.8, 4) is 5.75 Å². The Bertz CT molecular complexity index is 720. The minimum Gasteiger partial charge on any atom is -0.496 e. The minimum absolute atomic E-state index is 0.747. The summed E-state index contributed by atoms with van der Waals surface area (Å²) in [4.78, 5) is 8.07. The maximum atomic E-state index is 5.39. The van der Waals surface area contributed by atoms with Crippen molar-refractivity contribution in [2.75, 3.05) is 7.11 Å². The van der Waals surface area contributed by atoms with E-state index in [1.807, 2.05) is 18.2 Å². The number of aryl methyl sites for hydroxylation is 2. The number of hydrogen-bond donors (Lipinski definition) is 1. The smallest absolute Gasteiger partial charge is 0.122 e. The summed E-state index contributed by atoms with van der Waals surface area (Å²) >= 11 is 0. The van der Waals surface area contributed by atoms with Crippen LogP contribution in [0.1, 0.15) is 22.5 Å². The highest BCUT2D eigenvalue weighted by Gasteiger charge is 2.08. The van der Waals surface area contributed by atoms with Crippen molar-refractivity contribution in [2.45, 2.75) is 20.3 Å². The van der Waals surface area contributed by atoms with Crippen LogP contribution in [0.5, 0.6) is 5.75 Å². The van der Waals surface area contributed by atoms with Crippen molar-refractivity contribution in [1.29, 1.82) is 0 Å². The maximum Gasteiger partial charge on any atom is 0.122 e. The van der Waals surface area contributed by atoms with E-state index in [1.54, 1.807) is 7.11 Å². The summed E-state index contributed by atoms with van der Waals surface area (Å²) in [5, 5.41) is 0. The molecular formula is C17H18N2O. The summed E-state index contributed by atoms with van der Waals surface area (Å²) in [6, 6.07) is 12.3. The first-order chi connectivity index (χ1) is 9.67. The Hall–Kier alpha value is -2.29. The molecule has 0 saturated heterocycles. The molecule has 0 aliphatic heterocycles. The van der Waals surface area contributed by atoms with E-state index >= 15 is 0 Å². The molecule has 1 N–H and O–H groups in total. The van der Waals surface area contributed by atoms with Crippen molar-refractivity contribution >= 4 is 11.0 Å². The Morgan fingerprint density at radius 3 is 2.65 bits per heavy atom. The van der Waals surface area contributed by atoms with Gasteiger partial charge in [-0.05, 0) is 43.2 Å². The summed E-state index contributed by atoms with van der Waals surface area (Å²) < 4.78 is 5.39. The van der Waals surface area contributed by atoms with Gasteiger partial charge in [0.25, 0.3) is 0 Å². The summed E-state index contributed by atoms with van der Waals surface area (Å²) in [5.74, 6) is 1.87. The van der Waals surface area contributed by atoms with Gasteiger partial charge in [-0.3, -0.25) is 0 Å². The fourth-order valence-corrected chi connectivity index (χ4v) is 2.44. The number of imidazole rings is 1. The molecule has 0 saturated carbocycles. The van der Waals surface area contributed by atoms with Crippen LogP contribution >= 0.6 is 0 Å². The molecule has 1 heterocycles. The zero-order chi connectivity index (χ0) is 14.1. The number of aromatic nitrogens is 2. The monoisotopic (exact) mass is 266 g/mol. The molecule has 0 aliphatic rings. The molecule has 0 atom stereocenters. The van der Waals surface area contributed by atoms with Crippen molar-refractivity contribution in [3.63, 3.8) is 0 Å². The van der Waals surface area contributed by atoms with Gasteiger partial charge in [0.2, 0.25) is 0 Å². The molecule has 102 valence electrons. The standard InChI is InChI=1S/C17H18N2O/c1-11-8-14-15(9-12(11)2)19-17(18-14)10-13-6-4-5-7-16(13)20-3/h4-9H,10H2,1-3H3,(H,18,19). The number of fused-ring (bicyclic) bond motifs is 1. The largest absolute Gasteiger partial charge is 0.496 e. The molecular weight excluding hydrogens is 248 g/mol. The zero-order valence-corrected chi connectivity index (χ0v) is 12.0. The van der Waals surface area contributed by atoms with Gasteiger partial charge in [-0.15, -0.1) is 0 Å². The Labute approximate surface area is 118 Å². The first kappa shape index (κ1) is 12.7. The van der Waals surface area contributed by atoms with Gasteiger partial charge in [-0.2, -0.15) is 0 Å². The average Bonchev–Trinajstić information content (AvgIpc) is 2.81. The molecule has 3 rings (SSSR count). The fourth-order valence-electron chi connectivity index (χ4n) is 2.44. The lowest BCUT2D eigenvalue weighted by Crippen LogP contribution is -1.94. The first-order valence-electron chi connectivity index (χ1n) is 6.75. The predicted molar refractivity (Wildman–Crippen MR) is 81.4 cm³/mol. The number of hydrogen-bond acceptors (Lipinski definition) is 2. The third-order valence-corrected chi connectivity index (χ3v) is 3.70. The van der Waals surface area contributed by atoms with E-state index in [4.69, 9.17) is 4.74 Å². The van der Waals surface area contributed by atoms with Crippen LogP contribution in [0, 0.1) is 13.8 Å².